The van der Waals surface area contributed by atoms with Crippen LogP contribution >= 0.6 is 17.0 Å². The standard InChI is InChI=1S/C8H11.C7H9.C2H6Si.2ClH.Zr/c1-6-4-7(2)8(3)5-6;1-6-3-4-7(2)5-6;1-3-2;;;/h4-5H,1-3H3;3-5H,1-2H3;1-2H3;2*1H;/q2*-1;;;;+2/p-2. The number of halogens is 2. The van der Waals surface area contributed by atoms with Gasteiger partial charge in [0, 0.05) is 0 Å². The van der Waals surface area contributed by atoms with Gasteiger partial charge in [0.2, 0.25) is 0 Å². The second kappa shape index (κ2) is 11.0. The summed E-state index contributed by atoms with van der Waals surface area (Å²) in [6.45, 7) is 14.9. The molecular weight excluding hydrogens is 394 g/mol. The molecule has 21 heavy (non-hydrogen) atoms. The van der Waals surface area contributed by atoms with E-state index >= 15 is 0 Å². The van der Waals surface area contributed by atoms with Crippen LogP contribution in [0.3, 0.4) is 0 Å². The van der Waals surface area contributed by atoms with Gasteiger partial charge in [0.05, 0.1) is 0 Å². The molecule has 2 rings (SSSR count). The van der Waals surface area contributed by atoms with Crippen molar-refractivity contribution in [3.63, 3.8) is 0 Å². The number of hydrogen-bond acceptors (Lipinski definition) is 0. The number of rotatable bonds is 0. The molecule has 0 spiro atoms. The molecule has 0 saturated carbocycles. The summed E-state index contributed by atoms with van der Waals surface area (Å²) in [6, 6.07) is 10.8. The van der Waals surface area contributed by atoms with Gasteiger partial charge in [-0.15, -0.1) is 0 Å². The number of aryl methyl sites for hydroxylation is 5. The normalized spacial score (nSPS) is 9.19. The minimum atomic E-state index is -1.65. The monoisotopic (exact) mass is 418 g/mol. The van der Waals surface area contributed by atoms with Gasteiger partial charge in [-0.25, -0.2) is 17.7 Å². The number of hydrogen-bond donors (Lipinski definition) is 0. The average molecular weight is 421 g/mol. The van der Waals surface area contributed by atoms with E-state index in [0.29, 0.717) is 0 Å². The van der Waals surface area contributed by atoms with Gasteiger partial charge < -0.3 is 0 Å². The predicted molar refractivity (Wildman–Crippen MR) is 96.9 cm³/mol. The Morgan fingerprint density at radius 3 is 1.57 bits per heavy atom. The van der Waals surface area contributed by atoms with E-state index in [1.54, 1.807) is 0 Å². The third kappa shape index (κ3) is 10.7. The molecule has 0 radical (unpaired) electrons. The van der Waals surface area contributed by atoms with E-state index in [0.717, 1.165) is 0 Å². The fraction of sp³-hybridized carbons (Fsp3) is 0.412. The maximum absolute atomic E-state index is 5.62. The van der Waals surface area contributed by atoms with Crippen molar-refractivity contribution in [2.45, 2.75) is 47.7 Å². The van der Waals surface area contributed by atoms with E-state index in [1.165, 1.54) is 27.8 Å². The molecule has 0 heterocycles. The Labute approximate surface area is 145 Å². The summed E-state index contributed by atoms with van der Waals surface area (Å²) in [5.74, 6) is 0. The fourth-order valence-electron chi connectivity index (χ4n) is 1.67. The average Bonchev–Trinajstić information content (AvgIpc) is 2.86. The van der Waals surface area contributed by atoms with E-state index in [4.69, 9.17) is 17.0 Å². The zero-order valence-corrected chi connectivity index (χ0v) is 19.1. The SMILES string of the molecule is C[Si](C)=[Zr]([Cl])[Cl].Cc1c[cH-]c(C)c1.Cc1cc(C)c(C)[cH-]1. The molecular formula is C17H26Cl2SiZr-2. The van der Waals surface area contributed by atoms with Crippen molar-refractivity contribution in [1.82, 2.24) is 0 Å². The molecule has 0 unspecified atom stereocenters. The maximum Gasteiger partial charge on any atom is -0.0632 e. The molecule has 0 aromatic heterocycles. The molecule has 4 heteroatoms. The molecule has 118 valence electrons. The molecule has 0 aliphatic heterocycles. The van der Waals surface area contributed by atoms with Gasteiger partial charge >= 0.3 is 53.5 Å². The van der Waals surface area contributed by atoms with Gasteiger partial charge in [-0.2, -0.15) is 40.5 Å². The van der Waals surface area contributed by atoms with Crippen LogP contribution in [0.25, 0.3) is 0 Å². The van der Waals surface area contributed by atoms with Crippen LogP contribution in [0.2, 0.25) is 13.1 Å². The molecule has 0 fully saturated rings. The van der Waals surface area contributed by atoms with Crippen LogP contribution in [-0.2, 0) is 18.0 Å². The van der Waals surface area contributed by atoms with Crippen molar-refractivity contribution in [2.24, 2.45) is 0 Å². The first kappa shape index (κ1) is 21.4. The van der Waals surface area contributed by atoms with E-state index < -0.39 is 18.0 Å². The molecule has 0 aliphatic carbocycles. The second-order valence-corrected chi connectivity index (χ2v) is 28.6. The Morgan fingerprint density at radius 2 is 1.48 bits per heavy atom. The fourth-order valence-corrected chi connectivity index (χ4v) is 1.67. The molecule has 0 saturated heterocycles. The van der Waals surface area contributed by atoms with Gasteiger partial charge in [0.15, 0.2) is 0 Å². The van der Waals surface area contributed by atoms with Gasteiger partial charge in [-0.05, 0) is 0 Å². The first-order chi connectivity index (χ1) is 9.63. The Balaban J connectivity index is 0.000000290. The van der Waals surface area contributed by atoms with Crippen LogP contribution in [0.4, 0.5) is 0 Å². The Bertz CT molecular complexity index is 525. The zero-order chi connectivity index (χ0) is 16.6. The first-order valence-electron chi connectivity index (χ1n) is 7.02. The van der Waals surface area contributed by atoms with Crippen molar-refractivity contribution in [3.8, 4) is 0 Å². The van der Waals surface area contributed by atoms with E-state index in [2.05, 4.69) is 78.0 Å². The first-order valence-corrected chi connectivity index (χ1v) is 19.5. The molecule has 0 bridgehead atoms. The Hall–Kier alpha value is 0.380. The molecule has 2 aromatic carbocycles. The Morgan fingerprint density at radius 1 is 0.952 bits per heavy atom. The third-order valence-electron chi connectivity index (χ3n) is 2.95. The summed E-state index contributed by atoms with van der Waals surface area (Å²) in [5.41, 5.74) is 6.68. The minimum Gasteiger partial charge on any atom is -0.208 e. The molecule has 0 aliphatic rings. The largest absolute Gasteiger partial charge is 0.208 e. The van der Waals surface area contributed by atoms with Crippen LogP contribution in [0.15, 0.2) is 30.3 Å². The van der Waals surface area contributed by atoms with E-state index in [1.807, 2.05) is 0 Å². The van der Waals surface area contributed by atoms with Gasteiger partial charge in [0.25, 0.3) is 0 Å². The van der Waals surface area contributed by atoms with Crippen molar-refractivity contribution >= 4 is 22.5 Å². The summed E-state index contributed by atoms with van der Waals surface area (Å²) in [6.07, 6.45) is 0. The predicted octanol–water partition coefficient (Wildman–Crippen LogP) is 6.52. The molecule has 0 amide bonds. The summed E-state index contributed by atoms with van der Waals surface area (Å²) in [5, 5.41) is 0. The van der Waals surface area contributed by atoms with Crippen LogP contribution in [0, 0.1) is 34.6 Å². The zero-order valence-electron chi connectivity index (χ0n) is 14.1. The maximum atomic E-state index is 5.62. The van der Waals surface area contributed by atoms with Gasteiger partial charge in [-0.1, -0.05) is 34.6 Å². The topological polar surface area (TPSA) is 0 Å². The molecule has 0 atom stereocenters. The second-order valence-electron chi connectivity index (χ2n) is 5.62. The van der Waals surface area contributed by atoms with Crippen molar-refractivity contribution in [2.75, 3.05) is 0 Å². The van der Waals surface area contributed by atoms with Crippen molar-refractivity contribution < 1.29 is 18.0 Å². The van der Waals surface area contributed by atoms with Crippen LogP contribution in [-0.4, -0.2) is 5.43 Å². The third-order valence-corrected chi connectivity index (χ3v) is 22.7. The van der Waals surface area contributed by atoms with Crippen molar-refractivity contribution in [1.29, 1.82) is 0 Å². The van der Waals surface area contributed by atoms with Crippen LogP contribution in [0.1, 0.15) is 27.8 Å². The minimum absolute atomic E-state index is 0.224. The van der Waals surface area contributed by atoms with Crippen molar-refractivity contribution in [3.05, 3.63) is 58.1 Å². The molecule has 0 nitrogen and oxygen atoms in total. The van der Waals surface area contributed by atoms with Gasteiger partial charge in [0.1, 0.15) is 0 Å². The van der Waals surface area contributed by atoms with E-state index in [9.17, 15) is 0 Å². The Kier molecular flexibility index (Phi) is 11.2. The van der Waals surface area contributed by atoms with Crippen LogP contribution < -0.4 is 0 Å². The van der Waals surface area contributed by atoms with Crippen LogP contribution in [0.5, 0.6) is 0 Å². The molecule has 0 N–H and O–H groups in total. The summed E-state index contributed by atoms with van der Waals surface area (Å²) >= 11 is -1.65. The summed E-state index contributed by atoms with van der Waals surface area (Å²) < 4.78 is 0. The molecule has 2 aromatic rings. The smallest absolute Gasteiger partial charge is 0.0632 e. The summed E-state index contributed by atoms with van der Waals surface area (Å²) in [4.78, 5) is 0. The summed E-state index contributed by atoms with van der Waals surface area (Å²) in [7, 11) is 11.2. The van der Waals surface area contributed by atoms with Gasteiger partial charge in [-0.3, -0.25) is 0 Å². The van der Waals surface area contributed by atoms with E-state index in [-0.39, 0.29) is 5.43 Å². The quantitative estimate of drug-likeness (QED) is 0.336.